The maximum atomic E-state index is 11.4. The minimum absolute atomic E-state index is 0.0492. The first kappa shape index (κ1) is 14.9. The summed E-state index contributed by atoms with van der Waals surface area (Å²) in [5.41, 5.74) is 1.52. The Morgan fingerprint density at radius 2 is 2.00 bits per heavy atom. The molecule has 0 aromatic heterocycles. The number of rotatable bonds is 2. The van der Waals surface area contributed by atoms with E-state index in [0.717, 1.165) is 18.8 Å². The van der Waals surface area contributed by atoms with Gasteiger partial charge in [0.2, 0.25) is 0 Å². The van der Waals surface area contributed by atoms with E-state index in [0.29, 0.717) is 10.7 Å². The summed E-state index contributed by atoms with van der Waals surface area (Å²) in [6.45, 7) is 7.21. The third kappa shape index (κ3) is 3.77. The SMILES string of the molecule is CC(=O)c1cccc(NC(=S)N2C[C@@H](C)O[C@@H](C)C2)c1. The van der Waals surface area contributed by atoms with Crippen molar-refractivity contribution in [3.05, 3.63) is 29.8 Å². The number of anilines is 1. The van der Waals surface area contributed by atoms with Gasteiger partial charge in [-0.3, -0.25) is 4.79 Å². The van der Waals surface area contributed by atoms with Gasteiger partial charge in [0.1, 0.15) is 0 Å². The Kier molecular flexibility index (Phi) is 4.73. The van der Waals surface area contributed by atoms with E-state index in [9.17, 15) is 4.79 Å². The quantitative estimate of drug-likeness (QED) is 0.670. The summed E-state index contributed by atoms with van der Waals surface area (Å²) in [5.74, 6) is 0.0492. The smallest absolute Gasteiger partial charge is 0.173 e. The summed E-state index contributed by atoms with van der Waals surface area (Å²) in [6.07, 6.45) is 0.337. The largest absolute Gasteiger partial charge is 0.372 e. The Hall–Kier alpha value is -1.46. The van der Waals surface area contributed by atoms with Gasteiger partial charge < -0.3 is 15.0 Å². The van der Waals surface area contributed by atoms with Crippen LogP contribution in [0, 0.1) is 0 Å². The van der Waals surface area contributed by atoms with Crippen molar-refractivity contribution >= 4 is 28.8 Å². The summed E-state index contributed by atoms with van der Waals surface area (Å²) in [6, 6.07) is 7.38. The lowest BCUT2D eigenvalue weighted by atomic mass is 10.1. The Morgan fingerprint density at radius 3 is 2.60 bits per heavy atom. The molecule has 2 atom stereocenters. The number of ether oxygens (including phenoxy) is 1. The molecule has 1 fully saturated rings. The molecule has 20 heavy (non-hydrogen) atoms. The molecule has 1 aromatic carbocycles. The van der Waals surface area contributed by atoms with Crippen LogP contribution in [0.4, 0.5) is 5.69 Å². The maximum Gasteiger partial charge on any atom is 0.173 e. The van der Waals surface area contributed by atoms with E-state index in [4.69, 9.17) is 17.0 Å². The first-order valence-corrected chi connectivity index (χ1v) is 7.19. The molecule has 108 valence electrons. The standard InChI is InChI=1S/C15H20N2O2S/c1-10-8-17(9-11(2)19-10)15(20)16-14-6-4-5-13(7-14)12(3)18/h4-7,10-11H,8-9H2,1-3H3,(H,16,20)/t10-,11+. The fourth-order valence-corrected chi connectivity index (χ4v) is 2.63. The van der Waals surface area contributed by atoms with Gasteiger partial charge in [-0.15, -0.1) is 0 Å². The van der Waals surface area contributed by atoms with Crippen molar-refractivity contribution in [3.8, 4) is 0 Å². The van der Waals surface area contributed by atoms with Crippen LogP contribution in [-0.4, -0.2) is 41.1 Å². The molecule has 1 aromatic rings. The molecule has 0 unspecified atom stereocenters. The predicted molar refractivity (Wildman–Crippen MR) is 84.2 cm³/mol. The lowest BCUT2D eigenvalue weighted by molar-refractivity contribution is -0.0473. The summed E-state index contributed by atoms with van der Waals surface area (Å²) in [5, 5.41) is 3.87. The van der Waals surface area contributed by atoms with Crippen LogP contribution in [0.3, 0.4) is 0 Å². The van der Waals surface area contributed by atoms with Crippen LogP contribution in [0.15, 0.2) is 24.3 Å². The molecule has 4 nitrogen and oxygen atoms in total. The number of hydrogen-bond acceptors (Lipinski definition) is 3. The van der Waals surface area contributed by atoms with Crippen LogP contribution in [0.1, 0.15) is 31.1 Å². The fraction of sp³-hybridized carbons (Fsp3) is 0.467. The normalized spacial score (nSPS) is 22.4. The Morgan fingerprint density at radius 1 is 1.35 bits per heavy atom. The van der Waals surface area contributed by atoms with E-state index in [1.807, 2.05) is 32.0 Å². The summed E-state index contributed by atoms with van der Waals surface area (Å²) in [4.78, 5) is 13.5. The number of nitrogens with one attached hydrogen (secondary N) is 1. The molecule has 1 N–H and O–H groups in total. The summed E-state index contributed by atoms with van der Waals surface area (Å²) in [7, 11) is 0. The van der Waals surface area contributed by atoms with Gasteiger partial charge in [-0.25, -0.2) is 0 Å². The molecule has 1 heterocycles. The molecular weight excluding hydrogens is 272 g/mol. The number of carbonyl (C=O) groups excluding carboxylic acids is 1. The van der Waals surface area contributed by atoms with Crippen molar-refractivity contribution in [1.29, 1.82) is 0 Å². The molecule has 5 heteroatoms. The van der Waals surface area contributed by atoms with Gasteiger partial charge in [-0.1, -0.05) is 12.1 Å². The third-order valence-corrected chi connectivity index (χ3v) is 3.59. The summed E-state index contributed by atoms with van der Waals surface area (Å²) >= 11 is 5.45. The molecule has 1 aliphatic rings. The van der Waals surface area contributed by atoms with Gasteiger partial charge in [0, 0.05) is 24.3 Å². The van der Waals surface area contributed by atoms with Crippen LogP contribution < -0.4 is 5.32 Å². The van der Waals surface area contributed by atoms with E-state index < -0.39 is 0 Å². The van der Waals surface area contributed by atoms with Gasteiger partial charge in [0.25, 0.3) is 0 Å². The van der Waals surface area contributed by atoms with Crippen molar-refractivity contribution in [3.63, 3.8) is 0 Å². The second-order valence-electron chi connectivity index (χ2n) is 5.23. The average molecular weight is 292 g/mol. The topological polar surface area (TPSA) is 41.6 Å². The first-order chi connectivity index (χ1) is 9.45. The lowest BCUT2D eigenvalue weighted by Gasteiger charge is -2.36. The predicted octanol–water partition coefficient (Wildman–Crippen LogP) is 2.70. The van der Waals surface area contributed by atoms with Crippen LogP contribution in [0.5, 0.6) is 0 Å². The van der Waals surface area contributed by atoms with Crippen LogP contribution >= 0.6 is 12.2 Å². The van der Waals surface area contributed by atoms with Crippen molar-refractivity contribution in [1.82, 2.24) is 4.90 Å². The number of Topliss-reactive ketones (excluding diaryl/α,β-unsaturated/α-hetero) is 1. The average Bonchev–Trinajstić information content (AvgIpc) is 2.37. The number of nitrogens with zero attached hydrogens (tertiary/aromatic N) is 1. The Balaban J connectivity index is 2.04. The minimum Gasteiger partial charge on any atom is -0.372 e. The monoisotopic (exact) mass is 292 g/mol. The number of thiocarbonyl (C=S) groups is 1. The highest BCUT2D eigenvalue weighted by molar-refractivity contribution is 7.80. The fourth-order valence-electron chi connectivity index (χ4n) is 2.36. The van der Waals surface area contributed by atoms with Gasteiger partial charge in [-0.05, 0) is 45.1 Å². The zero-order valence-corrected chi connectivity index (χ0v) is 12.9. The van der Waals surface area contributed by atoms with Gasteiger partial charge >= 0.3 is 0 Å². The van der Waals surface area contributed by atoms with Gasteiger partial charge in [0.15, 0.2) is 10.9 Å². The second-order valence-corrected chi connectivity index (χ2v) is 5.62. The van der Waals surface area contributed by atoms with Crippen LogP contribution in [-0.2, 0) is 4.74 Å². The highest BCUT2D eigenvalue weighted by Gasteiger charge is 2.23. The van der Waals surface area contributed by atoms with E-state index >= 15 is 0 Å². The maximum absolute atomic E-state index is 11.4. The lowest BCUT2D eigenvalue weighted by Crippen LogP contribution is -2.49. The first-order valence-electron chi connectivity index (χ1n) is 6.78. The van der Waals surface area contributed by atoms with E-state index in [-0.39, 0.29) is 18.0 Å². The Labute approximate surface area is 125 Å². The molecule has 0 spiro atoms. The molecule has 1 saturated heterocycles. The molecule has 0 aliphatic carbocycles. The van der Waals surface area contributed by atoms with Crippen molar-refractivity contribution < 1.29 is 9.53 Å². The number of ketones is 1. The van der Waals surface area contributed by atoms with Crippen molar-refractivity contribution in [2.45, 2.75) is 33.0 Å². The number of hydrogen-bond donors (Lipinski definition) is 1. The highest BCUT2D eigenvalue weighted by Crippen LogP contribution is 2.15. The molecule has 0 saturated carbocycles. The van der Waals surface area contributed by atoms with E-state index in [1.165, 1.54) is 0 Å². The van der Waals surface area contributed by atoms with Gasteiger partial charge in [0.05, 0.1) is 12.2 Å². The van der Waals surface area contributed by atoms with Crippen LogP contribution in [0.2, 0.25) is 0 Å². The van der Waals surface area contributed by atoms with Crippen molar-refractivity contribution in [2.75, 3.05) is 18.4 Å². The molecule has 0 radical (unpaired) electrons. The van der Waals surface area contributed by atoms with Crippen LogP contribution in [0.25, 0.3) is 0 Å². The molecule has 1 aliphatic heterocycles. The third-order valence-electron chi connectivity index (χ3n) is 3.23. The number of carbonyl (C=O) groups is 1. The van der Waals surface area contributed by atoms with E-state index in [2.05, 4.69) is 10.2 Å². The highest BCUT2D eigenvalue weighted by atomic mass is 32.1. The zero-order valence-electron chi connectivity index (χ0n) is 12.1. The second kappa shape index (κ2) is 6.33. The number of morpholine rings is 1. The zero-order chi connectivity index (χ0) is 14.7. The Bertz CT molecular complexity index is 508. The number of benzene rings is 1. The molecule has 0 bridgehead atoms. The summed E-state index contributed by atoms with van der Waals surface area (Å²) < 4.78 is 5.69. The molecule has 0 amide bonds. The van der Waals surface area contributed by atoms with Gasteiger partial charge in [-0.2, -0.15) is 0 Å². The minimum atomic E-state index is 0.0492. The van der Waals surface area contributed by atoms with E-state index in [1.54, 1.807) is 13.0 Å². The molecule has 2 rings (SSSR count). The molecular formula is C15H20N2O2S. The van der Waals surface area contributed by atoms with Crippen molar-refractivity contribution in [2.24, 2.45) is 0 Å².